The fourth-order valence-corrected chi connectivity index (χ4v) is 3.80. The molecule has 0 amide bonds. The first-order chi connectivity index (χ1) is 11.2. The molecule has 132 valence electrons. The van der Waals surface area contributed by atoms with Crippen molar-refractivity contribution in [3.63, 3.8) is 0 Å². The molecule has 0 atom stereocenters. The van der Waals surface area contributed by atoms with Crippen LogP contribution in [0.2, 0.25) is 0 Å². The molecule has 1 aliphatic rings. The summed E-state index contributed by atoms with van der Waals surface area (Å²) >= 11 is 0. The van der Waals surface area contributed by atoms with Crippen LogP contribution in [0.5, 0.6) is 0 Å². The Morgan fingerprint density at radius 3 is 2.25 bits per heavy atom. The Hall–Kier alpha value is -1.36. The minimum atomic E-state index is -3.91. The van der Waals surface area contributed by atoms with Crippen LogP contribution < -0.4 is 4.83 Å². The number of nitrogens with zero attached hydrogens (tertiary/aromatic N) is 1. The molecule has 11 heteroatoms. The average molecular weight is 386 g/mol. The topological polar surface area (TPSA) is 65.2 Å². The Balaban J connectivity index is 1.90. The number of hydrogen-bond acceptors (Lipinski definition) is 3. The zero-order valence-corrected chi connectivity index (χ0v) is 13.6. The molecule has 1 aromatic heterocycles. The van der Waals surface area contributed by atoms with Crippen molar-refractivity contribution in [2.45, 2.75) is 18.8 Å². The largest absolute Gasteiger partial charge is 0.358 e. The van der Waals surface area contributed by atoms with Crippen molar-refractivity contribution in [1.29, 1.82) is 0 Å². The number of aromatic nitrogens is 1. The Bertz CT molecular complexity index is 894. The highest BCUT2D eigenvalue weighted by Crippen LogP contribution is 2.36. The minimum absolute atomic E-state index is 0.270. The Morgan fingerprint density at radius 1 is 1.08 bits per heavy atom. The molecule has 24 heavy (non-hydrogen) atoms. The molecule has 0 radical (unpaired) electrons. The van der Waals surface area contributed by atoms with Crippen LogP contribution in [0.4, 0.5) is 17.6 Å². The van der Waals surface area contributed by atoms with Crippen LogP contribution in [-0.2, 0) is 9.24 Å². The van der Waals surface area contributed by atoms with Gasteiger partial charge in [0.05, 0.1) is 5.52 Å². The van der Waals surface area contributed by atoms with Crippen molar-refractivity contribution in [2.75, 3.05) is 13.1 Å². The van der Waals surface area contributed by atoms with Gasteiger partial charge in [-0.3, -0.25) is 0 Å². The van der Waals surface area contributed by atoms with Gasteiger partial charge in [0, 0.05) is 35.4 Å². The maximum absolute atomic E-state index is 14.1. The molecule has 1 fully saturated rings. The van der Waals surface area contributed by atoms with Crippen LogP contribution >= 0.6 is 10.7 Å². The van der Waals surface area contributed by atoms with Gasteiger partial charge in [-0.05, 0) is 24.3 Å². The molecule has 0 bridgehead atoms. The monoisotopic (exact) mass is 385 g/mol. The van der Waals surface area contributed by atoms with E-state index in [1.165, 1.54) is 11.2 Å². The average Bonchev–Trinajstić information content (AvgIpc) is 2.95. The molecule has 2 aromatic rings. The van der Waals surface area contributed by atoms with Crippen molar-refractivity contribution in [3.05, 3.63) is 35.0 Å². The van der Waals surface area contributed by atoms with Crippen LogP contribution in [0.1, 0.15) is 24.3 Å². The van der Waals surface area contributed by atoms with Gasteiger partial charge in [0.15, 0.2) is 23.3 Å². The molecule has 0 saturated carbocycles. The quantitative estimate of drug-likeness (QED) is 0.369. The summed E-state index contributed by atoms with van der Waals surface area (Å²) in [6, 6.07) is 0. The summed E-state index contributed by atoms with van der Waals surface area (Å²) in [4.78, 5) is 4.56. The van der Waals surface area contributed by atoms with Gasteiger partial charge in [0.25, 0.3) is 0 Å². The Morgan fingerprint density at radius 2 is 1.67 bits per heavy atom. The van der Waals surface area contributed by atoms with Gasteiger partial charge in [-0.15, -0.1) is 4.83 Å². The van der Waals surface area contributed by atoms with Gasteiger partial charge in [0.2, 0.25) is 0 Å². The fraction of sp³-hybridized carbons (Fsp3) is 0.385. The van der Waals surface area contributed by atoms with Crippen LogP contribution in [-0.4, -0.2) is 31.5 Å². The van der Waals surface area contributed by atoms with E-state index in [0.29, 0.717) is 18.4 Å². The number of halogens is 5. The first-order valence-corrected chi connectivity index (χ1v) is 9.30. The minimum Gasteiger partial charge on any atom is -0.358 e. The van der Waals surface area contributed by atoms with Gasteiger partial charge in [0.1, 0.15) is 0 Å². The lowest BCUT2D eigenvalue weighted by molar-refractivity contribution is 0.187. The van der Waals surface area contributed by atoms with Gasteiger partial charge in [-0.25, -0.2) is 22.6 Å². The van der Waals surface area contributed by atoms with Crippen LogP contribution in [0, 0.1) is 23.3 Å². The van der Waals surface area contributed by atoms with E-state index in [4.69, 9.17) is 10.7 Å². The molecule has 3 rings (SSSR count). The number of benzene rings is 1. The third-order valence-corrected chi connectivity index (χ3v) is 4.78. The molecule has 1 aliphatic heterocycles. The lowest BCUT2D eigenvalue weighted by Gasteiger charge is -2.30. The number of piperidine rings is 1. The fourth-order valence-electron chi connectivity index (χ4n) is 3.02. The summed E-state index contributed by atoms with van der Waals surface area (Å²) in [6.07, 6.45) is 2.11. The van der Waals surface area contributed by atoms with Crippen molar-refractivity contribution >= 4 is 30.8 Å². The summed E-state index contributed by atoms with van der Waals surface area (Å²) in [5.41, 5.74) is -0.0982. The highest BCUT2D eigenvalue weighted by atomic mass is 35.7. The number of rotatable bonds is 3. The zero-order valence-electron chi connectivity index (χ0n) is 12.0. The molecule has 0 unspecified atom stereocenters. The molecule has 1 saturated heterocycles. The molecular formula is C13H12ClF4N3O2S. The van der Waals surface area contributed by atoms with Gasteiger partial charge >= 0.3 is 9.24 Å². The highest BCUT2D eigenvalue weighted by molar-refractivity contribution is 8.12. The maximum Gasteiger partial charge on any atom is 0.310 e. The number of fused-ring (bicyclic) bond motifs is 1. The van der Waals surface area contributed by atoms with Gasteiger partial charge in [-0.2, -0.15) is 8.42 Å². The second-order valence-corrected chi connectivity index (χ2v) is 7.82. The van der Waals surface area contributed by atoms with E-state index in [9.17, 15) is 26.0 Å². The lowest BCUT2D eigenvalue weighted by atomic mass is 9.89. The normalized spacial score (nSPS) is 17.7. The summed E-state index contributed by atoms with van der Waals surface area (Å²) < 4.78 is 76.5. The first-order valence-electron chi connectivity index (χ1n) is 6.99. The van der Waals surface area contributed by atoms with Crippen LogP contribution in [0.3, 0.4) is 0 Å². The first kappa shape index (κ1) is 17.5. The Labute approximate surface area is 139 Å². The Kier molecular flexibility index (Phi) is 4.49. The van der Waals surface area contributed by atoms with E-state index in [1.807, 2.05) is 0 Å². The molecule has 5 nitrogen and oxygen atoms in total. The van der Waals surface area contributed by atoms with Crippen molar-refractivity contribution in [2.24, 2.45) is 0 Å². The van der Waals surface area contributed by atoms with Crippen LogP contribution in [0.25, 0.3) is 10.9 Å². The summed E-state index contributed by atoms with van der Waals surface area (Å²) in [5, 5.41) is 1.06. The number of H-pyrrole nitrogens is 1. The molecule has 0 aliphatic carbocycles. The molecule has 0 spiro atoms. The van der Waals surface area contributed by atoms with Crippen LogP contribution in [0.15, 0.2) is 6.20 Å². The second kappa shape index (κ2) is 6.17. The van der Waals surface area contributed by atoms with Crippen molar-refractivity contribution < 1.29 is 26.0 Å². The third kappa shape index (κ3) is 3.10. The van der Waals surface area contributed by atoms with E-state index in [2.05, 4.69) is 9.82 Å². The summed E-state index contributed by atoms with van der Waals surface area (Å²) in [5.74, 6) is -6.90. The second-order valence-electron chi connectivity index (χ2n) is 5.54. The summed E-state index contributed by atoms with van der Waals surface area (Å²) in [6.45, 7) is 0.550. The van der Waals surface area contributed by atoms with E-state index in [1.54, 1.807) is 0 Å². The molecule has 1 aromatic carbocycles. The number of hydrazine groups is 1. The summed E-state index contributed by atoms with van der Waals surface area (Å²) in [7, 11) is 1.19. The number of aromatic amines is 1. The van der Waals surface area contributed by atoms with E-state index in [-0.39, 0.29) is 24.4 Å². The predicted octanol–water partition coefficient (Wildman–Crippen LogP) is 2.89. The van der Waals surface area contributed by atoms with Crippen molar-refractivity contribution in [3.8, 4) is 0 Å². The highest BCUT2D eigenvalue weighted by Gasteiger charge is 2.29. The molecular weight excluding hydrogens is 374 g/mol. The SMILES string of the molecule is O=S(=O)(Cl)NN1CCC(c2c[nH]c3c(F)c(F)c(F)c(F)c23)CC1. The predicted molar refractivity (Wildman–Crippen MR) is 79.6 cm³/mol. The van der Waals surface area contributed by atoms with E-state index < -0.39 is 38.0 Å². The standard InChI is InChI=1S/C13H12ClF4N3O2S/c14-24(22,23)20-21-3-1-6(2-4-21)7-5-19-13-8(7)9(15)10(16)11(17)12(13)18/h5-6,19-20H,1-4H2. The van der Waals surface area contributed by atoms with E-state index in [0.717, 1.165) is 0 Å². The van der Waals surface area contributed by atoms with Gasteiger partial charge in [-0.1, -0.05) is 0 Å². The number of nitrogens with one attached hydrogen (secondary N) is 2. The lowest BCUT2D eigenvalue weighted by Crippen LogP contribution is -2.44. The van der Waals surface area contributed by atoms with E-state index >= 15 is 0 Å². The molecule has 2 heterocycles. The maximum atomic E-state index is 14.1. The smallest absolute Gasteiger partial charge is 0.310 e. The van der Waals surface area contributed by atoms with Gasteiger partial charge < -0.3 is 4.98 Å². The molecule has 2 N–H and O–H groups in total. The number of hydrogen-bond donors (Lipinski definition) is 2. The zero-order chi connectivity index (χ0) is 17.6. The third-order valence-electron chi connectivity index (χ3n) is 4.10. The van der Waals surface area contributed by atoms with Crippen molar-refractivity contribution in [1.82, 2.24) is 14.8 Å².